The van der Waals surface area contributed by atoms with E-state index in [0.717, 1.165) is 5.56 Å². The molecule has 31 heavy (non-hydrogen) atoms. The number of hydrogen-bond donors (Lipinski definition) is 1. The summed E-state index contributed by atoms with van der Waals surface area (Å²) >= 11 is 18.0. The average molecular weight is 486 g/mol. The van der Waals surface area contributed by atoms with Gasteiger partial charge < -0.3 is 15.0 Å². The lowest BCUT2D eigenvalue weighted by molar-refractivity contribution is -0.143. The predicted octanol–water partition coefficient (Wildman–Crippen LogP) is 5.75. The molecule has 0 radical (unpaired) electrons. The molecule has 5 nitrogen and oxygen atoms in total. The molecular weight excluding hydrogens is 459 g/mol. The van der Waals surface area contributed by atoms with Crippen molar-refractivity contribution in [3.63, 3.8) is 0 Å². The maximum absolute atomic E-state index is 13.2. The first-order chi connectivity index (χ1) is 14.5. The zero-order chi connectivity index (χ0) is 23.2. The quantitative estimate of drug-likeness (QED) is 0.518. The molecule has 2 rings (SSSR count). The molecule has 0 fully saturated rings. The zero-order valence-corrected chi connectivity index (χ0v) is 20.3. The average Bonchev–Trinajstić information content (AvgIpc) is 2.67. The van der Waals surface area contributed by atoms with Gasteiger partial charge in [-0.1, -0.05) is 53.9 Å². The molecule has 0 aliphatic carbocycles. The third-order valence-electron chi connectivity index (χ3n) is 4.40. The van der Waals surface area contributed by atoms with Gasteiger partial charge >= 0.3 is 0 Å². The van der Waals surface area contributed by atoms with Crippen LogP contribution in [0.2, 0.25) is 15.1 Å². The Morgan fingerprint density at radius 2 is 1.65 bits per heavy atom. The van der Waals surface area contributed by atoms with E-state index in [1.807, 2.05) is 39.8 Å². The summed E-state index contributed by atoms with van der Waals surface area (Å²) in [6.45, 7) is 7.53. The van der Waals surface area contributed by atoms with Crippen molar-refractivity contribution in [3.05, 3.63) is 63.1 Å². The van der Waals surface area contributed by atoms with Crippen molar-refractivity contribution in [1.82, 2.24) is 10.2 Å². The smallest absolute Gasteiger partial charge is 0.261 e. The van der Waals surface area contributed by atoms with Crippen LogP contribution in [-0.4, -0.2) is 34.9 Å². The molecule has 0 bridgehead atoms. The highest BCUT2D eigenvalue weighted by molar-refractivity contribution is 6.35. The topological polar surface area (TPSA) is 58.6 Å². The SMILES string of the molecule is CC[C@@H](C(=O)NC(C)(C)C)N(Cc1ccc(Cl)cc1)C(=O)COc1ccc(Cl)cc1Cl. The first kappa shape index (κ1) is 25.3. The minimum absolute atomic E-state index is 0.221. The number of carbonyl (C=O) groups is 2. The van der Waals surface area contributed by atoms with E-state index in [9.17, 15) is 9.59 Å². The Kier molecular flexibility index (Phi) is 9.04. The van der Waals surface area contributed by atoms with Crippen molar-refractivity contribution in [2.45, 2.75) is 52.2 Å². The van der Waals surface area contributed by atoms with Crippen LogP contribution < -0.4 is 10.1 Å². The Bertz CT molecular complexity index is 911. The molecular formula is C23H27Cl3N2O3. The zero-order valence-electron chi connectivity index (χ0n) is 18.0. The third kappa shape index (κ3) is 7.91. The highest BCUT2D eigenvalue weighted by Gasteiger charge is 2.31. The summed E-state index contributed by atoms with van der Waals surface area (Å²) in [5.74, 6) is -0.211. The van der Waals surface area contributed by atoms with Crippen molar-refractivity contribution < 1.29 is 14.3 Å². The van der Waals surface area contributed by atoms with Gasteiger partial charge in [0, 0.05) is 22.1 Å². The number of rotatable bonds is 8. The lowest BCUT2D eigenvalue weighted by atomic mass is 10.1. The number of carbonyl (C=O) groups excluding carboxylic acids is 2. The van der Waals surface area contributed by atoms with Gasteiger partial charge in [0.25, 0.3) is 5.91 Å². The van der Waals surface area contributed by atoms with E-state index in [2.05, 4.69) is 5.32 Å². The van der Waals surface area contributed by atoms with Crippen LogP contribution in [0.4, 0.5) is 0 Å². The molecule has 0 saturated heterocycles. The Balaban J connectivity index is 2.24. The molecule has 0 aliphatic rings. The molecule has 2 amide bonds. The largest absolute Gasteiger partial charge is 0.482 e. The van der Waals surface area contributed by atoms with E-state index < -0.39 is 11.6 Å². The standard InChI is InChI=1S/C23H27Cl3N2O3/c1-5-19(22(30)27-23(2,3)4)28(13-15-6-8-16(24)9-7-15)21(29)14-31-20-11-10-17(25)12-18(20)26/h6-12,19H,5,13-14H2,1-4H3,(H,27,30)/t19-/m0/s1. The summed E-state index contributed by atoms with van der Waals surface area (Å²) < 4.78 is 5.63. The number of nitrogens with one attached hydrogen (secondary N) is 1. The predicted molar refractivity (Wildman–Crippen MR) is 126 cm³/mol. The Hall–Kier alpha value is -1.95. The molecule has 0 saturated carbocycles. The van der Waals surface area contributed by atoms with Crippen LogP contribution in [0.25, 0.3) is 0 Å². The second-order valence-corrected chi connectivity index (χ2v) is 9.45. The van der Waals surface area contributed by atoms with Crippen molar-refractivity contribution in [2.75, 3.05) is 6.61 Å². The monoisotopic (exact) mass is 484 g/mol. The molecule has 2 aromatic carbocycles. The molecule has 8 heteroatoms. The summed E-state index contributed by atoms with van der Waals surface area (Å²) in [5.41, 5.74) is 0.427. The van der Waals surface area contributed by atoms with Gasteiger partial charge in [-0.25, -0.2) is 0 Å². The minimum Gasteiger partial charge on any atom is -0.482 e. The van der Waals surface area contributed by atoms with Crippen LogP contribution in [0.5, 0.6) is 5.75 Å². The molecule has 0 heterocycles. The number of ether oxygens (including phenoxy) is 1. The van der Waals surface area contributed by atoms with Gasteiger partial charge in [0.15, 0.2) is 6.61 Å². The summed E-state index contributed by atoms with van der Waals surface area (Å²) in [6, 6.07) is 11.3. The second-order valence-electron chi connectivity index (χ2n) is 8.17. The van der Waals surface area contributed by atoms with Gasteiger partial charge in [0.2, 0.25) is 5.91 Å². The normalized spacial score (nSPS) is 12.2. The Labute approximate surface area is 198 Å². The summed E-state index contributed by atoms with van der Waals surface area (Å²) in [5, 5.41) is 4.33. The van der Waals surface area contributed by atoms with E-state index >= 15 is 0 Å². The van der Waals surface area contributed by atoms with Crippen LogP contribution >= 0.6 is 34.8 Å². The first-order valence-electron chi connectivity index (χ1n) is 9.94. The van der Waals surface area contributed by atoms with Crippen molar-refractivity contribution in [2.24, 2.45) is 0 Å². The number of amides is 2. The van der Waals surface area contributed by atoms with E-state index in [4.69, 9.17) is 39.5 Å². The van der Waals surface area contributed by atoms with Gasteiger partial charge in [0.1, 0.15) is 11.8 Å². The van der Waals surface area contributed by atoms with Crippen molar-refractivity contribution in [1.29, 1.82) is 0 Å². The summed E-state index contributed by atoms with van der Waals surface area (Å²) in [4.78, 5) is 27.6. The van der Waals surface area contributed by atoms with E-state index in [1.54, 1.807) is 30.3 Å². The van der Waals surface area contributed by atoms with E-state index in [1.165, 1.54) is 4.90 Å². The maximum Gasteiger partial charge on any atom is 0.261 e. The molecule has 0 spiro atoms. The van der Waals surface area contributed by atoms with Crippen LogP contribution in [0.3, 0.4) is 0 Å². The van der Waals surface area contributed by atoms with Gasteiger partial charge in [0.05, 0.1) is 5.02 Å². The second kappa shape index (κ2) is 11.1. The van der Waals surface area contributed by atoms with Crippen LogP contribution in [-0.2, 0) is 16.1 Å². The van der Waals surface area contributed by atoms with Gasteiger partial charge in [-0.15, -0.1) is 0 Å². The lowest BCUT2D eigenvalue weighted by Crippen LogP contribution is -2.54. The molecule has 0 unspecified atom stereocenters. The fourth-order valence-corrected chi connectivity index (χ4v) is 3.56. The fraction of sp³-hybridized carbons (Fsp3) is 0.391. The van der Waals surface area contributed by atoms with Gasteiger partial charge in [-0.2, -0.15) is 0 Å². The highest BCUT2D eigenvalue weighted by atomic mass is 35.5. The van der Waals surface area contributed by atoms with E-state index in [0.29, 0.717) is 27.2 Å². The minimum atomic E-state index is -0.660. The number of benzene rings is 2. The van der Waals surface area contributed by atoms with Crippen LogP contribution in [0.1, 0.15) is 39.7 Å². The molecule has 0 aromatic heterocycles. The van der Waals surface area contributed by atoms with E-state index in [-0.39, 0.29) is 25.0 Å². The van der Waals surface area contributed by atoms with Crippen LogP contribution in [0, 0.1) is 0 Å². The lowest BCUT2D eigenvalue weighted by Gasteiger charge is -2.33. The van der Waals surface area contributed by atoms with Gasteiger partial charge in [-0.05, 0) is 63.1 Å². The molecule has 0 aliphatic heterocycles. The number of nitrogens with zero attached hydrogens (tertiary/aromatic N) is 1. The maximum atomic E-state index is 13.2. The first-order valence-corrected chi connectivity index (χ1v) is 11.1. The Morgan fingerprint density at radius 3 is 2.19 bits per heavy atom. The number of hydrogen-bond acceptors (Lipinski definition) is 3. The van der Waals surface area contributed by atoms with Crippen LogP contribution in [0.15, 0.2) is 42.5 Å². The number of halogens is 3. The van der Waals surface area contributed by atoms with Crippen molar-refractivity contribution in [3.8, 4) is 5.75 Å². The fourth-order valence-electron chi connectivity index (χ4n) is 2.97. The third-order valence-corrected chi connectivity index (χ3v) is 5.18. The molecule has 1 atom stereocenters. The molecule has 2 aromatic rings. The summed E-state index contributed by atoms with van der Waals surface area (Å²) in [6.07, 6.45) is 0.447. The van der Waals surface area contributed by atoms with Crippen molar-refractivity contribution >= 4 is 46.6 Å². The Morgan fingerprint density at radius 1 is 1.03 bits per heavy atom. The summed E-state index contributed by atoms with van der Waals surface area (Å²) in [7, 11) is 0. The molecule has 168 valence electrons. The highest BCUT2D eigenvalue weighted by Crippen LogP contribution is 2.27. The molecule has 1 N–H and O–H groups in total. The van der Waals surface area contributed by atoms with Gasteiger partial charge in [-0.3, -0.25) is 9.59 Å².